The van der Waals surface area contributed by atoms with Gasteiger partial charge in [-0.3, -0.25) is 9.82 Å². The van der Waals surface area contributed by atoms with Crippen molar-refractivity contribution in [1.29, 1.82) is 0 Å². The number of aromatic nitrogens is 3. The van der Waals surface area contributed by atoms with E-state index in [1.165, 1.54) is 6.20 Å². The van der Waals surface area contributed by atoms with E-state index >= 15 is 0 Å². The van der Waals surface area contributed by atoms with Crippen molar-refractivity contribution in [3.63, 3.8) is 0 Å². The number of H-pyrrole nitrogens is 2. The van der Waals surface area contributed by atoms with E-state index in [0.717, 1.165) is 18.7 Å². The van der Waals surface area contributed by atoms with Gasteiger partial charge >= 0.3 is 0 Å². The van der Waals surface area contributed by atoms with Gasteiger partial charge in [0.1, 0.15) is 4.90 Å². The second-order valence-corrected chi connectivity index (χ2v) is 6.63. The van der Waals surface area contributed by atoms with Gasteiger partial charge in [-0.1, -0.05) is 6.92 Å². The predicted octanol–water partition coefficient (Wildman–Crippen LogP) is 1.66. The molecule has 0 fully saturated rings. The molecule has 0 spiro atoms. The van der Waals surface area contributed by atoms with E-state index in [1.807, 2.05) is 0 Å². The molecule has 21 heavy (non-hydrogen) atoms. The molecule has 0 bridgehead atoms. The highest BCUT2D eigenvalue weighted by atomic mass is 32.2. The Kier molecular flexibility index (Phi) is 4.69. The molecule has 0 aliphatic rings. The van der Waals surface area contributed by atoms with Crippen molar-refractivity contribution in [2.45, 2.75) is 38.6 Å². The zero-order chi connectivity index (χ0) is 15.5. The summed E-state index contributed by atoms with van der Waals surface area (Å²) in [6.45, 7) is 7.12. The van der Waals surface area contributed by atoms with Crippen LogP contribution in [0.3, 0.4) is 0 Å². The minimum absolute atomic E-state index is 0.218. The summed E-state index contributed by atoms with van der Waals surface area (Å²) in [6.07, 6.45) is 2.53. The van der Waals surface area contributed by atoms with Crippen LogP contribution in [0, 0.1) is 13.8 Å². The van der Waals surface area contributed by atoms with Crippen LogP contribution in [0.4, 0.5) is 5.69 Å². The van der Waals surface area contributed by atoms with Crippen molar-refractivity contribution in [2.24, 2.45) is 0 Å². The smallest absolute Gasteiger partial charge is 0.263 e. The summed E-state index contributed by atoms with van der Waals surface area (Å²) in [5.41, 5.74) is 2.65. The van der Waals surface area contributed by atoms with Gasteiger partial charge in [0.2, 0.25) is 0 Å². The molecule has 0 aliphatic carbocycles. The Hall–Kier alpha value is -1.80. The topological polar surface area (TPSA) is 103 Å². The van der Waals surface area contributed by atoms with E-state index in [1.54, 1.807) is 19.9 Å². The van der Waals surface area contributed by atoms with E-state index in [4.69, 9.17) is 0 Å². The minimum atomic E-state index is -3.61. The van der Waals surface area contributed by atoms with E-state index < -0.39 is 10.0 Å². The number of aryl methyl sites for hydroxylation is 2. The molecule has 0 unspecified atom stereocenters. The molecule has 0 saturated heterocycles. The van der Waals surface area contributed by atoms with Crippen LogP contribution in [0.1, 0.15) is 30.4 Å². The molecule has 2 rings (SSSR count). The highest BCUT2D eigenvalue weighted by Gasteiger charge is 2.19. The summed E-state index contributed by atoms with van der Waals surface area (Å²) in [7, 11) is -3.61. The van der Waals surface area contributed by atoms with Gasteiger partial charge in [-0.05, 0) is 32.9 Å². The Bertz CT molecular complexity index is 682. The molecule has 0 saturated carbocycles. The number of aromatic amines is 2. The van der Waals surface area contributed by atoms with Gasteiger partial charge in [0.15, 0.2) is 0 Å². The third-order valence-corrected chi connectivity index (χ3v) is 4.46. The molecule has 0 radical (unpaired) electrons. The third-order valence-electron chi connectivity index (χ3n) is 3.13. The Balaban J connectivity index is 2.13. The molecule has 4 N–H and O–H groups in total. The Morgan fingerprint density at radius 2 is 2.10 bits per heavy atom. The lowest BCUT2D eigenvalue weighted by molar-refractivity contribution is 0.601. The van der Waals surface area contributed by atoms with Gasteiger partial charge in [0, 0.05) is 18.4 Å². The fraction of sp³-hybridized carbons (Fsp3) is 0.462. The van der Waals surface area contributed by atoms with Crippen LogP contribution < -0.4 is 10.0 Å². The number of anilines is 1. The molecule has 8 heteroatoms. The monoisotopic (exact) mass is 311 g/mol. The van der Waals surface area contributed by atoms with Crippen LogP contribution >= 0.6 is 0 Å². The zero-order valence-electron chi connectivity index (χ0n) is 12.4. The van der Waals surface area contributed by atoms with Gasteiger partial charge in [-0.2, -0.15) is 5.10 Å². The van der Waals surface area contributed by atoms with Gasteiger partial charge in [0.05, 0.1) is 17.1 Å². The molecular weight excluding hydrogens is 290 g/mol. The van der Waals surface area contributed by atoms with Crippen molar-refractivity contribution in [2.75, 3.05) is 11.3 Å². The average Bonchev–Trinajstić information content (AvgIpc) is 3.02. The number of sulfonamides is 1. The molecule has 2 aromatic rings. The first-order chi connectivity index (χ1) is 9.94. The lowest BCUT2D eigenvalue weighted by atomic mass is 10.3. The van der Waals surface area contributed by atoms with Crippen LogP contribution in [0.15, 0.2) is 17.2 Å². The summed E-state index contributed by atoms with van der Waals surface area (Å²) in [5.74, 6) is 0. The summed E-state index contributed by atoms with van der Waals surface area (Å²) in [4.78, 5) is 3.19. The summed E-state index contributed by atoms with van der Waals surface area (Å²) >= 11 is 0. The molecule has 0 aromatic carbocycles. The first kappa shape index (κ1) is 15.6. The number of nitrogens with zero attached hydrogens (tertiary/aromatic N) is 1. The summed E-state index contributed by atoms with van der Waals surface area (Å²) in [6, 6.07) is 1.63. The molecule has 2 heterocycles. The SMILES string of the molecule is CCCNCc1cc(S(=O)(=O)Nc2c(C)n[nH]c2C)c[nH]1. The van der Waals surface area contributed by atoms with Crippen molar-refractivity contribution in [3.8, 4) is 0 Å². The Labute approximate surface area is 124 Å². The zero-order valence-corrected chi connectivity index (χ0v) is 13.3. The highest BCUT2D eigenvalue weighted by Crippen LogP contribution is 2.21. The molecular formula is C13H21N5O2S. The molecule has 2 aromatic heterocycles. The number of rotatable bonds is 7. The van der Waals surface area contributed by atoms with Crippen molar-refractivity contribution >= 4 is 15.7 Å². The summed E-state index contributed by atoms with van der Waals surface area (Å²) in [5, 5.41) is 9.95. The number of hydrogen-bond donors (Lipinski definition) is 4. The second kappa shape index (κ2) is 6.31. The van der Waals surface area contributed by atoms with Crippen LogP contribution in [-0.2, 0) is 16.6 Å². The van der Waals surface area contributed by atoms with Crippen LogP contribution in [0.25, 0.3) is 0 Å². The van der Waals surface area contributed by atoms with E-state index in [-0.39, 0.29) is 4.90 Å². The first-order valence-electron chi connectivity index (χ1n) is 6.86. The maximum absolute atomic E-state index is 12.4. The third kappa shape index (κ3) is 3.64. The Morgan fingerprint density at radius 3 is 2.71 bits per heavy atom. The van der Waals surface area contributed by atoms with Gasteiger partial charge in [-0.25, -0.2) is 8.42 Å². The minimum Gasteiger partial charge on any atom is -0.363 e. The van der Waals surface area contributed by atoms with Crippen molar-refractivity contribution in [3.05, 3.63) is 29.3 Å². The number of hydrogen-bond acceptors (Lipinski definition) is 4. The molecule has 7 nitrogen and oxygen atoms in total. The predicted molar refractivity (Wildman–Crippen MR) is 81.7 cm³/mol. The highest BCUT2D eigenvalue weighted by molar-refractivity contribution is 7.92. The maximum Gasteiger partial charge on any atom is 0.263 e. The molecule has 0 aliphatic heterocycles. The van der Waals surface area contributed by atoms with Crippen LogP contribution in [-0.4, -0.2) is 30.1 Å². The van der Waals surface area contributed by atoms with Crippen LogP contribution in [0.2, 0.25) is 0 Å². The van der Waals surface area contributed by atoms with Gasteiger partial charge in [-0.15, -0.1) is 0 Å². The van der Waals surface area contributed by atoms with E-state index in [2.05, 4.69) is 32.1 Å². The molecule has 0 atom stereocenters. The maximum atomic E-state index is 12.4. The van der Waals surface area contributed by atoms with E-state index in [0.29, 0.717) is 23.6 Å². The van der Waals surface area contributed by atoms with E-state index in [9.17, 15) is 8.42 Å². The standard InChI is InChI=1S/C13H21N5O2S/c1-4-5-14-7-11-6-12(8-15-11)21(19,20)18-13-9(2)16-17-10(13)3/h6,8,14-15,18H,4-5,7H2,1-3H3,(H,16,17). The molecule has 0 amide bonds. The summed E-state index contributed by atoms with van der Waals surface area (Å²) < 4.78 is 27.3. The molecule has 116 valence electrons. The van der Waals surface area contributed by atoms with Crippen LogP contribution in [0.5, 0.6) is 0 Å². The van der Waals surface area contributed by atoms with Crippen molar-refractivity contribution < 1.29 is 8.42 Å². The average molecular weight is 311 g/mol. The normalized spacial score (nSPS) is 11.8. The quantitative estimate of drug-likeness (QED) is 0.584. The fourth-order valence-electron chi connectivity index (χ4n) is 1.97. The van der Waals surface area contributed by atoms with Gasteiger partial charge in [0.25, 0.3) is 10.0 Å². The first-order valence-corrected chi connectivity index (χ1v) is 8.34. The number of nitrogens with one attached hydrogen (secondary N) is 4. The Morgan fingerprint density at radius 1 is 1.33 bits per heavy atom. The van der Waals surface area contributed by atoms with Crippen molar-refractivity contribution in [1.82, 2.24) is 20.5 Å². The fourth-order valence-corrected chi connectivity index (χ4v) is 3.17. The second-order valence-electron chi connectivity index (χ2n) is 4.95. The lowest BCUT2D eigenvalue weighted by Gasteiger charge is -2.06. The lowest BCUT2D eigenvalue weighted by Crippen LogP contribution is -2.14. The largest absolute Gasteiger partial charge is 0.363 e. The van der Waals surface area contributed by atoms with Gasteiger partial charge < -0.3 is 10.3 Å².